The summed E-state index contributed by atoms with van der Waals surface area (Å²) in [6, 6.07) is 7.89. The lowest BCUT2D eigenvalue weighted by atomic mass is 10.00. The Balaban J connectivity index is 1.89. The number of hydrogen-bond acceptors (Lipinski definition) is 2. The van der Waals surface area contributed by atoms with Gasteiger partial charge in [-0.15, -0.1) is 0 Å². The molecule has 0 aromatic heterocycles. The highest BCUT2D eigenvalue weighted by Crippen LogP contribution is 2.47. The molecule has 2 amide bonds. The molecular weight excluding hydrogens is 240 g/mol. The largest absolute Gasteiger partial charge is 0.350 e. The molecule has 0 saturated heterocycles. The number of carbonyl (C=O) groups excluding carboxylic acids is 1. The fraction of sp³-hybridized carbons (Fsp3) is 0.533. The second-order valence-electron chi connectivity index (χ2n) is 5.86. The number of nitrogens with zero attached hydrogens (tertiary/aromatic N) is 1. The number of rotatable bonds is 5. The number of nitrogens with two attached hydrogens (primary N) is 1. The highest BCUT2D eigenvalue weighted by atomic mass is 16.5. The summed E-state index contributed by atoms with van der Waals surface area (Å²) in [6.45, 7) is 4.75. The van der Waals surface area contributed by atoms with Crippen LogP contribution >= 0.6 is 0 Å². The number of primary amides is 1. The van der Waals surface area contributed by atoms with E-state index in [0.29, 0.717) is 29.4 Å². The van der Waals surface area contributed by atoms with Crippen molar-refractivity contribution in [2.45, 2.75) is 32.6 Å². The van der Waals surface area contributed by atoms with E-state index in [9.17, 15) is 10.0 Å². The van der Waals surface area contributed by atoms with Gasteiger partial charge in [0.2, 0.25) is 0 Å². The fourth-order valence-electron chi connectivity index (χ4n) is 2.54. The maximum atomic E-state index is 10.8. The van der Waals surface area contributed by atoms with Gasteiger partial charge in [-0.2, -0.15) is 0 Å². The first-order valence-corrected chi connectivity index (χ1v) is 6.82. The predicted octanol–water partition coefficient (Wildman–Crippen LogP) is 2.76. The summed E-state index contributed by atoms with van der Waals surface area (Å²) in [6.07, 6.45) is 2.11. The van der Waals surface area contributed by atoms with E-state index >= 15 is 0 Å². The number of benzene rings is 1. The summed E-state index contributed by atoms with van der Waals surface area (Å²) in [5.74, 6) is 1.44. The van der Waals surface area contributed by atoms with Gasteiger partial charge in [0.15, 0.2) is 0 Å². The minimum atomic E-state index is -0.780. The van der Waals surface area contributed by atoms with Crippen LogP contribution in [0.4, 0.5) is 4.79 Å². The molecule has 19 heavy (non-hydrogen) atoms. The average molecular weight is 262 g/mol. The Morgan fingerprint density at radius 1 is 1.42 bits per heavy atom. The molecule has 1 saturated carbocycles. The maximum Gasteiger partial charge on any atom is 0.338 e. The highest BCUT2D eigenvalue weighted by Gasteiger charge is 2.39. The third-order valence-corrected chi connectivity index (χ3v) is 3.64. The molecule has 0 spiro atoms. The van der Waals surface area contributed by atoms with E-state index in [4.69, 9.17) is 5.73 Å². The molecule has 4 nitrogen and oxygen atoms in total. The smallest absolute Gasteiger partial charge is 0.338 e. The standard InChI is InChI=1S/C15H22N2O2/c1-10(2)7-11-3-5-12(6-4-11)14-8-13(14)9-17(19)15(16)18/h3-6,10,13-14,19H,7-9H2,1-2H3,(H2,16,18)/t13-,14-/m0/s1. The van der Waals surface area contributed by atoms with Crippen molar-refractivity contribution >= 4 is 6.03 Å². The molecule has 1 aromatic carbocycles. The Kier molecular flexibility index (Phi) is 4.10. The van der Waals surface area contributed by atoms with E-state index in [-0.39, 0.29) is 0 Å². The van der Waals surface area contributed by atoms with Crippen LogP contribution in [-0.4, -0.2) is 22.8 Å². The quantitative estimate of drug-likeness (QED) is 0.633. The monoisotopic (exact) mass is 262 g/mol. The van der Waals surface area contributed by atoms with Crippen molar-refractivity contribution in [1.29, 1.82) is 0 Å². The second-order valence-corrected chi connectivity index (χ2v) is 5.86. The molecule has 2 atom stereocenters. The van der Waals surface area contributed by atoms with Crippen LogP contribution in [0.2, 0.25) is 0 Å². The van der Waals surface area contributed by atoms with Crippen LogP contribution in [0.25, 0.3) is 0 Å². The van der Waals surface area contributed by atoms with Crippen molar-refractivity contribution in [1.82, 2.24) is 5.06 Å². The first-order valence-electron chi connectivity index (χ1n) is 6.82. The van der Waals surface area contributed by atoms with Crippen molar-refractivity contribution in [2.75, 3.05) is 6.54 Å². The molecule has 1 aromatic rings. The lowest BCUT2D eigenvalue weighted by Crippen LogP contribution is -2.34. The van der Waals surface area contributed by atoms with Crippen LogP contribution in [0.3, 0.4) is 0 Å². The van der Waals surface area contributed by atoms with Crippen LogP contribution in [-0.2, 0) is 6.42 Å². The molecule has 1 aliphatic rings. The van der Waals surface area contributed by atoms with E-state index in [1.165, 1.54) is 11.1 Å². The van der Waals surface area contributed by atoms with E-state index < -0.39 is 6.03 Å². The molecule has 1 aliphatic carbocycles. The molecular formula is C15H22N2O2. The first kappa shape index (κ1) is 13.9. The van der Waals surface area contributed by atoms with Crippen molar-refractivity contribution in [3.8, 4) is 0 Å². The van der Waals surface area contributed by atoms with Crippen LogP contribution < -0.4 is 5.73 Å². The van der Waals surface area contributed by atoms with Gasteiger partial charge >= 0.3 is 6.03 Å². The highest BCUT2D eigenvalue weighted by molar-refractivity contribution is 5.70. The number of carbonyl (C=O) groups is 1. The van der Waals surface area contributed by atoms with E-state index in [1.54, 1.807) is 0 Å². The van der Waals surface area contributed by atoms with E-state index in [2.05, 4.69) is 38.1 Å². The summed E-state index contributed by atoms with van der Waals surface area (Å²) in [4.78, 5) is 10.8. The molecule has 4 heteroatoms. The molecule has 1 fully saturated rings. The number of hydroxylamine groups is 2. The Bertz CT molecular complexity index is 442. The van der Waals surface area contributed by atoms with E-state index in [1.807, 2.05) is 0 Å². The lowest BCUT2D eigenvalue weighted by molar-refractivity contribution is -0.0431. The number of urea groups is 1. The summed E-state index contributed by atoms with van der Waals surface area (Å²) in [5, 5.41) is 9.91. The van der Waals surface area contributed by atoms with Crippen molar-refractivity contribution < 1.29 is 10.0 Å². The van der Waals surface area contributed by atoms with Gasteiger partial charge in [0.05, 0.1) is 6.54 Å². The van der Waals surface area contributed by atoms with Crippen LogP contribution in [0.1, 0.15) is 37.3 Å². The zero-order chi connectivity index (χ0) is 14.0. The SMILES string of the molecule is CC(C)Cc1ccc([C@@H]2C[C@H]2CN(O)C(N)=O)cc1. The minimum Gasteiger partial charge on any atom is -0.350 e. The number of hydrogen-bond donors (Lipinski definition) is 2. The Morgan fingerprint density at radius 2 is 2.05 bits per heavy atom. The molecule has 0 bridgehead atoms. The second kappa shape index (κ2) is 5.61. The molecule has 0 aliphatic heterocycles. The molecule has 0 radical (unpaired) electrons. The first-order chi connectivity index (χ1) is 8.97. The Hall–Kier alpha value is -1.55. The van der Waals surface area contributed by atoms with Gasteiger partial charge in [-0.3, -0.25) is 5.21 Å². The predicted molar refractivity (Wildman–Crippen MR) is 73.9 cm³/mol. The summed E-state index contributed by atoms with van der Waals surface area (Å²) < 4.78 is 0. The van der Waals surface area contributed by atoms with Crippen LogP contribution in [0, 0.1) is 11.8 Å². The van der Waals surface area contributed by atoms with Crippen molar-refractivity contribution in [3.05, 3.63) is 35.4 Å². The fourth-order valence-corrected chi connectivity index (χ4v) is 2.54. The summed E-state index contributed by atoms with van der Waals surface area (Å²) >= 11 is 0. The third kappa shape index (κ3) is 3.70. The van der Waals surface area contributed by atoms with Crippen molar-refractivity contribution in [3.63, 3.8) is 0 Å². The van der Waals surface area contributed by atoms with E-state index in [0.717, 1.165) is 12.8 Å². The lowest BCUT2D eigenvalue weighted by Gasteiger charge is -2.11. The zero-order valence-electron chi connectivity index (χ0n) is 11.5. The molecule has 2 rings (SSSR count). The normalized spacial score (nSPS) is 21.5. The summed E-state index contributed by atoms with van der Waals surface area (Å²) in [7, 11) is 0. The Morgan fingerprint density at radius 3 is 2.58 bits per heavy atom. The minimum absolute atomic E-state index is 0.327. The number of amides is 2. The van der Waals surface area contributed by atoms with Gasteiger partial charge in [0, 0.05) is 0 Å². The van der Waals surface area contributed by atoms with Gasteiger partial charge in [-0.25, -0.2) is 9.86 Å². The zero-order valence-corrected chi connectivity index (χ0v) is 11.5. The topological polar surface area (TPSA) is 66.6 Å². The molecule has 0 unspecified atom stereocenters. The third-order valence-electron chi connectivity index (χ3n) is 3.64. The molecule has 0 heterocycles. The van der Waals surface area contributed by atoms with Gasteiger partial charge < -0.3 is 5.73 Å². The average Bonchev–Trinajstić information content (AvgIpc) is 3.08. The van der Waals surface area contributed by atoms with Crippen LogP contribution in [0.15, 0.2) is 24.3 Å². The maximum absolute atomic E-state index is 10.8. The Labute approximate surface area is 114 Å². The van der Waals surface area contributed by atoms with Crippen LogP contribution in [0.5, 0.6) is 0 Å². The molecule has 104 valence electrons. The molecule has 3 N–H and O–H groups in total. The van der Waals surface area contributed by atoms with Gasteiger partial charge in [0.25, 0.3) is 0 Å². The van der Waals surface area contributed by atoms with Crippen molar-refractivity contribution in [2.24, 2.45) is 17.6 Å². The van der Waals surface area contributed by atoms with Gasteiger partial charge in [-0.05, 0) is 41.7 Å². The van der Waals surface area contributed by atoms with Gasteiger partial charge in [0.1, 0.15) is 0 Å². The van der Waals surface area contributed by atoms with Gasteiger partial charge in [-0.1, -0.05) is 38.1 Å². The summed E-state index contributed by atoms with van der Waals surface area (Å²) in [5.41, 5.74) is 7.64.